The summed E-state index contributed by atoms with van der Waals surface area (Å²) in [6.07, 6.45) is 0. The zero-order valence-corrected chi connectivity index (χ0v) is 12.3. The second-order valence-electron chi connectivity index (χ2n) is 4.93. The lowest BCUT2D eigenvalue weighted by atomic mass is 10.1. The Bertz CT molecular complexity index is 723. The lowest BCUT2D eigenvalue weighted by Gasteiger charge is -2.18. The molecule has 112 valence electrons. The van der Waals surface area contributed by atoms with Gasteiger partial charge in [0.15, 0.2) is 5.60 Å². The van der Waals surface area contributed by atoms with E-state index < -0.39 is 29.8 Å². The van der Waals surface area contributed by atoms with Crippen molar-refractivity contribution in [2.75, 3.05) is 6.54 Å². The van der Waals surface area contributed by atoms with Crippen LogP contribution in [0.4, 0.5) is 4.39 Å². The predicted molar refractivity (Wildman–Crippen MR) is 77.1 cm³/mol. The van der Waals surface area contributed by atoms with Crippen molar-refractivity contribution >= 4 is 33.3 Å². The van der Waals surface area contributed by atoms with Crippen LogP contribution in [0.2, 0.25) is 0 Å². The van der Waals surface area contributed by atoms with Gasteiger partial charge in [0, 0.05) is 10.1 Å². The molecule has 0 aliphatic carbocycles. The van der Waals surface area contributed by atoms with E-state index in [0.717, 1.165) is 18.3 Å². The number of halogens is 1. The summed E-state index contributed by atoms with van der Waals surface area (Å²) in [5.74, 6) is -2.37. The number of nitrogens with one attached hydrogen (secondary N) is 1. The zero-order chi connectivity index (χ0) is 15.8. The second kappa shape index (κ2) is 5.42. The second-order valence-corrected chi connectivity index (χ2v) is 5.98. The third-order valence-electron chi connectivity index (χ3n) is 3.16. The molecule has 1 aromatic carbocycles. The van der Waals surface area contributed by atoms with E-state index in [9.17, 15) is 19.1 Å². The smallest absolute Gasteiger partial charge is 0.337 e. The van der Waals surface area contributed by atoms with Gasteiger partial charge in [0.05, 0.1) is 11.4 Å². The number of rotatable bonds is 4. The molecule has 0 saturated carbocycles. The maximum atomic E-state index is 13.8. The Morgan fingerprint density at radius 1 is 1.43 bits per heavy atom. The van der Waals surface area contributed by atoms with Crippen LogP contribution in [0.5, 0.6) is 0 Å². The van der Waals surface area contributed by atoms with Crippen molar-refractivity contribution in [1.29, 1.82) is 0 Å². The van der Waals surface area contributed by atoms with Crippen LogP contribution in [-0.2, 0) is 4.79 Å². The van der Waals surface area contributed by atoms with Gasteiger partial charge in [0.2, 0.25) is 0 Å². The van der Waals surface area contributed by atoms with Crippen LogP contribution < -0.4 is 5.32 Å². The monoisotopic (exact) mass is 311 g/mol. The molecule has 1 amide bonds. The number of carbonyl (C=O) groups excluding carboxylic acids is 1. The van der Waals surface area contributed by atoms with Crippen LogP contribution >= 0.6 is 11.3 Å². The Morgan fingerprint density at radius 2 is 2.10 bits per heavy atom. The fourth-order valence-electron chi connectivity index (χ4n) is 1.88. The molecule has 1 heterocycles. The fourth-order valence-corrected chi connectivity index (χ4v) is 3.02. The summed E-state index contributed by atoms with van der Waals surface area (Å²) in [6, 6.07) is 4.59. The third-order valence-corrected chi connectivity index (χ3v) is 4.42. The van der Waals surface area contributed by atoms with Crippen molar-refractivity contribution < 1.29 is 24.2 Å². The summed E-state index contributed by atoms with van der Waals surface area (Å²) in [5.41, 5.74) is -1.55. The van der Waals surface area contributed by atoms with Gasteiger partial charge >= 0.3 is 5.97 Å². The maximum absolute atomic E-state index is 13.8. The highest BCUT2D eigenvalue weighted by molar-refractivity contribution is 7.21. The van der Waals surface area contributed by atoms with Crippen LogP contribution in [0.25, 0.3) is 10.1 Å². The van der Waals surface area contributed by atoms with Crippen molar-refractivity contribution in [2.45, 2.75) is 19.4 Å². The highest BCUT2D eigenvalue weighted by atomic mass is 32.1. The van der Waals surface area contributed by atoms with Crippen LogP contribution in [0.15, 0.2) is 18.2 Å². The molecule has 1 atom stereocenters. The maximum Gasteiger partial charge on any atom is 0.337 e. The molecule has 1 unspecified atom stereocenters. The zero-order valence-electron chi connectivity index (χ0n) is 11.4. The number of carboxylic acids is 1. The van der Waals surface area contributed by atoms with Crippen LogP contribution in [0.3, 0.4) is 0 Å². The summed E-state index contributed by atoms with van der Waals surface area (Å²) in [4.78, 5) is 23.2. The minimum atomic E-state index is -2.05. The summed E-state index contributed by atoms with van der Waals surface area (Å²) in [7, 11) is 0. The number of hydrogen-bond acceptors (Lipinski definition) is 4. The number of hydrogen-bond donors (Lipinski definition) is 3. The van der Waals surface area contributed by atoms with Gasteiger partial charge in [-0.15, -0.1) is 11.3 Å². The molecule has 3 N–H and O–H groups in total. The van der Waals surface area contributed by atoms with Crippen molar-refractivity contribution in [3.63, 3.8) is 0 Å². The summed E-state index contributed by atoms with van der Waals surface area (Å²) in [5, 5.41) is 21.1. The topological polar surface area (TPSA) is 86.6 Å². The first-order valence-electron chi connectivity index (χ1n) is 6.15. The number of benzene rings is 1. The van der Waals surface area contributed by atoms with Gasteiger partial charge < -0.3 is 15.5 Å². The van der Waals surface area contributed by atoms with Gasteiger partial charge in [0.25, 0.3) is 5.91 Å². The molecule has 7 heteroatoms. The Labute approximate surface area is 124 Å². The first kappa shape index (κ1) is 15.4. The highest BCUT2D eigenvalue weighted by Gasteiger charge is 2.31. The van der Waals surface area contributed by atoms with E-state index in [4.69, 9.17) is 5.11 Å². The molecule has 5 nitrogen and oxygen atoms in total. The van der Waals surface area contributed by atoms with E-state index in [2.05, 4.69) is 5.32 Å². The molecule has 0 aliphatic rings. The number of amides is 1. The van der Waals surface area contributed by atoms with Crippen molar-refractivity contribution in [3.05, 3.63) is 34.5 Å². The van der Waals surface area contributed by atoms with Gasteiger partial charge in [-0.3, -0.25) is 4.79 Å². The van der Waals surface area contributed by atoms with Crippen molar-refractivity contribution in [3.8, 4) is 0 Å². The first-order valence-corrected chi connectivity index (χ1v) is 6.97. The Kier molecular flexibility index (Phi) is 3.97. The number of aliphatic hydroxyl groups is 1. The molecule has 0 aliphatic heterocycles. The molecule has 21 heavy (non-hydrogen) atoms. The normalized spacial score (nSPS) is 13.9. The minimum Gasteiger partial charge on any atom is -0.479 e. The molecule has 0 radical (unpaired) electrons. The van der Waals surface area contributed by atoms with Crippen LogP contribution in [0.1, 0.15) is 22.2 Å². The van der Waals surface area contributed by atoms with Crippen molar-refractivity contribution in [1.82, 2.24) is 5.32 Å². The van der Waals surface area contributed by atoms with E-state index >= 15 is 0 Å². The van der Waals surface area contributed by atoms with E-state index in [1.807, 2.05) is 0 Å². The van der Waals surface area contributed by atoms with E-state index in [1.165, 1.54) is 6.07 Å². The molecule has 0 spiro atoms. The van der Waals surface area contributed by atoms with Gasteiger partial charge in [-0.25, -0.2) is 9.18 Å². The van der Waals surface area contributed by atoms with Gasteiger partial charge in [-0.05, 0) is 31.5 Å². The molecule has 1 aromatic heterocycles. The number of thiophene rings is 1. The lowest BCUT2D eigenvalue weighted by Crippen LogP contribution is -2.46. The molecule has 0 fully saturated rings. The molecule has 2 aromatic rings. The average Bonchev–Trinajstić information content (AvgIpc) is 2.75. The quantitative estimate of drug-likeness (QED) is 0.805. The van der Waals surface area contributed by atoms with Crippen LogP contribution in [-0.4, -0.2) is 34.2 Å². The highest BCUT2D eigenvalue weighted by Crippen LogP contribution is 2.32. The third kappa shape index (κ3) is 2.88. The van der Waals surface area contributed by atoms with E-state index in [1.54, 1.807) is 19.1 Å². The SMILES string of the molecule is Cc1c(C(=O)NCC(C)(O)C(=O)O)sc2cccc(F)c12. The average molecular weight is 311 g/mol. The first-order chi connectivity index (χ1) is 9.74. The van der Waals surface area contributed by atoms with Crippen LogP contribution in [0, 0.1) is 12.7 Å². The standard InChI is InChI=1S/C14H14FNO4S/c1-7-10-8(15)4-3-5-9(10)21-11(7)12(17)16-6-14(2,20)13(18)19/h3-5,20H,6H2,1-2H3,(H,16,17)(H,18,19). The Hall–Kier alpha value is -1.99. The number of fused-ring (bicyclic) bond motifs is 1. The van der Waals surface area contributed by atoms with Gasteiger partial charge in [-0.1, -0.05) is 6.07 Å². The van der Waals surface area contributed by atoms with E-state index in [0.29, 0.717) is 20.5 Å². The lowest BCUT2D eigenvalue weighted by molar-refractivity contribution is -0.155. The predicted octanol–water partition coefficient (Wildman–Crippen LogP) is 1.91. The Balaban J connectivity index is 2.27. The number of aliphatic carboxylic acids is 1. The Morgan fingerprint density at radius 3 is 2.67 bits per heavy atom. The summed E-state index contributed by atoms with van der Waals surface area (Å²) in [6.45, 7) is 2.29. The summed E-state index contributed by atoms with van der Waals surface area (Å²) >= 11 is 1.12. The van der Waals surface area contributed by atoms with Crippen molar-refractivity contribution in [2.24, 2.45) is 0 Å². The molecular weight excluding hydrogens is 297 g/mol. The molecule has 0 bridgehead atoms. The molecule has 0 saturated heterocycles. The fraction of sp³-hybridized carbons (Fsp3) is 0.286. The summed E-state index contributed by atoms with van der Waals surface area (Å²) < 4.78 is 14.4. The van der Waals surface area contributed by atoms with E-state index in [-0.39, 0.29) is 0 Å². The number of carboxylic acid groups (broad SMARTS) is 1. The van der Waals surface area contributed by atoms with Gasteiger partial charge in [0.1, 0.15) is 5.82 Å². The minimum absolute atomic E-state index is 0.302. The van der Waals surface area contributed by atoms with Gasteiger partial charge in [-0.2, -0.15) is 0 Å². The number of aryl methyl sites for hydroxylation is 1. The largest absolute Gasteiger partial charge is 0.479 e. The molecular formula is C14H14FNO4S. The molecule has 2 rings (SSSR count). The number of carbonyl (C=O) groups is 2.